The van der Waals surface area contributed by atoms with Crippen LogP contribution in [0.25, 0.3) is 10.1 Å². The Bertz CT molecular complexity index is 473. The Morgan fingerprint density at radius 3 is 2.85 bits per heavy atom. The van der Waals surface area contributed by atoms with Crippen molar-refractivity contribution in [2.75, 3.05) is 0 Å². The van der Waals surface area contributed by atoms with Gasteiger partial charge in [-0.2, -0.15) is 0 Å². The third kappa shape index (κ3) is 1.76. The summed E-state index contributed by atoms with van der Waals surface area (Å²) < 4.78 is 2.39. The summed E-state index contributed by atoms with van der Waals surface area (Å²) in [5.74, 6) is 0.149. The van der Waals surface area contributed by atoms with E-state index in [0.29, 0.717) is 0 Å². The lowest BCUT2D eigenvalue weighted by Gasteiger charge is -1.88. The molecule has 0 unspecified atom stereocenters. The van der Waals surface area contributed by atoms with Gasteiger partial charge in [0.2, 0.25) is 0 Å². The molecular weight excluding hydrogens is 295 g/mol. The van der Waals surface area contributed by atoms with Crippen molar-refractivity contribution in [3.8, 4) is 0 Å². The van der Waals surface area contributed by atoms with Crippen LogP contribution in [0.4, 0.5) is 0 Å². The molecule has 3 heteroatoms. The number of Topliss-reactive ketones (excluding diaryl/α,β-unsaturated/α-hetero) is 1. The predicted octanol–water partition coefficient (Wildman–Crippen LogP) is 3.71. The summed E-state index contributed by atoms with van der Waals surface area (Å²) in [5, 5.41) is 1.17. The van der Waals surface area contributed by atoms with Crippen LogP contribution in [0.2, 0.25) is 0 Å². The van der Waals surface area contributed by atoms with Gasteiger partial charge in [0.05, 0.1) is 4.88 Å². The van der Waals surface area contributed by atoms with Gasteiger partial charge in [0.1, 0.15) is 0 Å². The summed E-state index contributed by atoms with van der Waals surface area (Å²) >= 11 is 3.84. The lowest BCUT2D eigenvalue weighted by molar-refractivity contribution is 0.102. The fourth-order valence-corrected chi connectivity index (χ4v) is 2.64. The summed E-state index contributed by atoms with van der Waals surface area (Å²) in [6.07, 6.45) is 0. The molecule has 0 N–H and O–H groups in total. The van der Waals surface area contributed by atoms with Gasteiger partial charge in [-0.1, -0.05) is 0 Å². The maximum Gasteiger partial charge on any atom is 0.169 e. The molecule has 13 heavy (non-hydrogen) atoms. The van der Waals surface area contributed by atoms with Gasteiger partial charge in [0.25, 0.3) is 0 Å². The lowest BCUT2D eigenvalue weighted by atomic mass is 10.2. The molecule has 0 aliphatic rings. The Hall–Kier alpha value is -0.420. The molecule has 1 aromatic carbocycles. The molecule has 2 aromatic rings. The Morgan fingerprint density at radius 1 is 1.38 bits per heavy atom. The van der Waals surface area contributed by atoms with Gasteiger partial charge in [0, 0.05) is 8.27 Å². The quantitative estimate of drug-likeness (QED) is 0.580. The number of thiophene rings is 1. The Labute approximate surface area is 93.9 Å². The van der Waals surface area contributed by atoms with Crippen molar-refractivity contribution in [1.82, 2.24) is 0 Å². The number of ketones is 1. The van der Waals surface area contributed by atoms with Gasteiger partial charge < -0.3 is 0 Å². The topological polar surface area (TPSA) is 17.1 Å². The van der Waals surface area contributed by atoms with Crippen LogP contribution in [0.5, 0.6) is 0 Å². The number of rotatable bonds is 1. The molecule has 1 aromatic heterocycles. The van der Waals surface area contributed by atoms with Crippen molar-refractivity contribution >= 4 is 49.8 Å². The average Bonchev–Trinajstić information content (AvgIpc) is 2.46. The van der Waals surface area contributed by atoms with E-state index in [2.05, 4.69) is 40.8 Å². The Morgan fingerprint density at radius 2 is 2.15 bits per heavy atom. The van der Waals surface area contributed by atoms with Crippen LogP contribution >= 0.6 is 33.9 Å². The number of carbonyl (C=O) groups is 1. The van der Waals surface area contributed by atoms with E-state index in [1.807, 2.05) is 6.07 Å². The minimum absolute atomic E-state index is 0.149. The van der Waals surface area contributed by atoms with E-state index in [0.717, 1.165) is 4.88 Å². The highest BCUT2D eigenvalue weighted by molar-refractivity contribution is 14.1. The highest BCUT2D eigenvalue weighted by atomic mass is 127. The van der Waals surface area contributed by atoms with Crippen LogP contribution in [0, 0.1) is 3.57 Å². The summed E-state index contributed by atoms with van der Waals surface area (Å²) in [6, 6.07) is 8.18. The molecular formula is C10H7IOS. The maximum atomic E-state index is 11.1. The number of benzene rings is 1. The van der Waals surface area contributed by atoms with Crippen LogP contribution in [0.1, 0.15) is 16.6 Å². The average molecular weight is 302 g/mol. The molecule has 0 aliphatic heterocycles. The molecule has 66 valence electrons. The number of hydrogen-bond acceptors (Lipinski definition) is 2. The first-order chi connectivity index (χ1) is 6.16. The summed E-state index contributed by atoms with van der Waals surface area (Å²) in [7, 11) is 0. The van der Waals surface area contributed by atoms with Crippen molar-refractivity contribution < 1.29 is 4.79 Å². The van der Waals surface area contributed by atoms with E-state index < -0.39 is 0 Å². The van der Waals surface area contributed by atoms with Gasteiger partial charge in [-0.3, -0.25) is 4.79 Å². The standard InChI is InChI=1S/C10H7IOS/c1-6(12)10-5-7-4-8(11)2-3-9(7)13-10/h2-5H,1H3. The van der Waals surface area contributed by atoms with E-state index in [1.54, 1.807) is 18.3 Å². The molecule has 1 nitrogen and oxygen atoms in total. The van der Waals surface area contributed by atoms with Gasteiger partial charge in [0.15, 0.2) is 5.78 Å². The first-order valence-electron chi connectivity index (χ1n) is 3.87. The van der Waals surface area contributed by atoms with E-state index in [-0.39, 0.29) is 5.78 Å². The number of hydrogen-bond donors (Lipinski definition) is 0. The lowest BCUT2D eigenvalue weighted by Crippen LogP contribution is -1.83. The first-order valence-corrected chi connectivity index (χ1v) is 5.76. The monoisotopic (exact) mass is 302 g/mol. The van der Waals surface area contributed by atoms with Crippen LogP contribution in [-0.4, -0.2) is 5.78 Å². The fourth-order valence-electron chi connectivity index (χ4n) is 1.19. The van der Waals surface area contributed by atoms with E-state index in [4.69, 9.17) is 0 Å². The maximum absolute atomic E-state index is 11.1. The fraction of sp³-hybridized carbons (Fsp3) is 0.100. The normalized spacial score (nSPS) is 10.6. The second-order valence-electron chi connectivity index (χ2n) is 2.85. The van der Waals surface area contributed by atoms with Crippen LogP contribution in [0.3, 0.4) is 0 Å². The van der Waals surface area contributed by atoms with E-state index in [9.17, 15) is 4.79 Å². The molecule has 1 heterocycles. The van der Waals surface area contributed by atoms with Crippen LogP contribution in [-0.2, 0) is 0 Å². The van der Waals surface area contributed by atoms with Crippen molar-refractivity contribution in [2.24, 2.45) is 0 Å². The number of halogens is 1. The Balaban J connectivity index is 2.68. The molecule has 0 spiro atoms. The van der Waals surface area contributed by atoms with Gasteiger partial charge in [-0.05, 0) is 59.2 Å². The minimum atomic E-state index is 0.149. The van der Waals surface area contributed by atoms with Gasteiger partial charge >= 0.3 is 0 Å². The third-order valence-corrected chi connectivity index (χ3v) is 3.71. The van der Waals surface area contributed by atoms with Gasteiger partial charge in [-0.25, -0.2) is 0 Å². The van der Waals surface area contributed by atoms with Gasteiger partial charge in [-0.15, -0.1) is 11.3 Å². The predicted molar refractivity (Wildman–Crippen MR) is 64.5 cm³/mol. The van der Waals surface area contributed by atoms with E-state index in [1.165, 1.54) is 13.7 Å². The van der Waals surface area contributed by atoms with Crippen molar-refractivity contribution in [2.45, 2.75) is 6.92 Å². The Kier molecular flexibility index (Phi) is 2.38. The number of carbonyl (C=O) groups excluding carboxylic acids is 1. The SMILES string of the molecule is CC(=O)c1cc2cc(I)ccc2s1. The summed E-state index contributed by atoms with van der Waals surface area (Å²) in [5.41, 5.74) is 0. The zero-order valence-corrected chi connectivity index (χ0v) is 9.98. The van der Waals surface area contributed by atoms with Crippen LogP contribution < -0.4 is 0 Å². The van der Waals surface area contributed by atoms with Crippen molar-refractivity contribution in [3.63, 3.8) is 0 Å². The highest BCUT2D eigenvalue weighted by Gasteiger charge is 2.05. The first kappa shape index (κ1) is 9.15. The zero-order chi connectivity index (χ0) is 9.42. The molecule has 0 radical (unpaired) electrons. The van der Waals surface area contributed by atoms with E-state index >= 15 is 0 Å². The zero-order valence-electron chi connectivity index (χ0n) is 7.00. The minimum Gasteiger partial charge on any atom is -0.294 e. The van der Waals surface area contributed by atoms with Crippen LogP contribution in [0.15, 0.2) is 24.3 Å². The van der Waals surface area contributed by atoms with Crippen molar-refractivity contribution in [3.05, 3.63) is 32.7 Å². The summed E-state index contributed by atoms with van der Waals surface area (Å²) in [6.45, 7) is 1.61. The largest absolute Gasteiger partial charge is 0.294 e. The smallest absolute Gasteiger partial charge is 0.169 e. The second-order valence-corrected chi connectivity index (χ2v) is 5.18. The molecule has 0 amide bonds. The second kappa shape index (κ2) is 3.38. The van der Waals surface area contributed by atoms with Crippen molar-refractivity contribution in [1.29, 1.82) is 0 Å². The number of fused-ring (bicyclic) bond motifs is 1. The molecule has 0 saturated carbocycles. The molecule has 0 aliphatic carbocycles. The molecule has 0 fully saturated rings. The third-order valence-electron chi connectivity index (χ3n) is 1.83. The molecule has 0 atom stereocenters. The molecule has 0 saturated heterocycles. The summed E-state index contributed by atoms with van der Waals surface area (Å²) in [4.78, 5) is 12.0. The highest BCUT2D eigenvalue weighted by Crippen LogP contribution is 2.27. The molecule has 0 bridgehead atoms. The molecule has 2 rings (SSSR count).